The monoisotopic (exact) mass is 196 g/mol. The average Bonchev–Trinajstić information content (AvgIpc) is 2.80. The largest absolute Gasteiger partial charge is 0.355 e. The van der Waals surface area contributed by atoms with Crippen LogP contribution < -0.4 is 10.6 Å². The van der Waals surface area contributed by atoms with Crippen LogP contribution in [0.4, 0.5) is 0 Å². The first-order valence-corrected chi connectivity index (χ1v) is 5.74. The molecule has 0 aromatic heterocycles. The first-order valence-electron chi connectivity index (χ1n) is 5.74. The van der Waals surface area contributed by atoms with Gasteiger partial charge >= 0.3 is 0 Å². The van der Waals surface area contributed by atoms with Gasteiger partial charge in [0.2, 0.25) is 5.91 Å². The Morgan fingerprint density at radius 1 is 1.50 bits per heavy atom. The fourth-order valence-electron chi connectivity index (χ4n) is 2.12. The summed E-state index contributed by atoms with van der Waals surface area (Å²) in [7, 11) is 0. The number of nitrogens with one attached hydrogen (secondary N) is 2. The highest BCUT2D eigenvalue weighted by Crippen LogP contribution is 2.48. The van der Waals surface area contributed by atoms with Gasteiger partial charge in [0.1, 0.15) is 0 Å². The molecular formula is C11H20N2O. The van der Waals surface area contributed by atoms with E-state index in [1.807, 2.05) is 0 Å². The molecule has 0 spiro atoms. The van der Waals surface area contributed by atoms with Crippen LogP contribution in [-0.2, 0) is 4.79 Å². The van der Waals surface area contributed by atoms with E-state index in [1.165, 1.54) is 25.7 Å². The van der Waals surface area contributed by atoms with Crippen molar-refractivity contribution in [1.29, 1.82) is 0 Å². The molecule has 2 rings (SSSR count). The molecule has 2 aliphatic rings. The predicted molar refractivity (Wildman–Crippen MR) is 55.9 cm³/mol. The Hall–Kier alpha value is -0.570. The van der Waals surface area contributed by atoms with Crippen molar-refractivity contribution in [3.8, 4) is 0 Å². The van der Waals surface area contributed by atoms with Crippen LogP contribution in [0.3, 0.4) is 0 Å². The molecule has 0 unspecified atom stereocenters. The minimum atomic E-state index is 0.243. The van der Waals surface area contributed by atoms with E-state index in [0.29, 0.717) is 5.41 Å². The molecular weight excluding hydrogens is 176 g/mol. The molecule has 0 radical (unpaired) electrons. The standard InChI is InChI=1S/C11H20N2O/c1-2-3-11(4-5-11)8-13-10(14)9-6-12-7-9/h9,12H,2-8H2,1H3,(H,13,14). The minimum absolute atomic E-state index is 0.243. The Labute approximate surface area is 85.6 Å². The zero-order valence-electron chi connectivity index (χ0n) is 8.94. The third kappa shape index (κ3) is 2.08. The third-order valence-electron chi connectivity index (χ3n) is 3.53. The highest BCUT2D eigenvalue weighted by atomic mass is 16.2. The Morgan fingerprint density at radius 2 is 2.21 bits per heavy atom. The Bertz CT molecular complexity index is 219. The zero-order chi connectivity index (χ0) is 10.0. The third-order valence-corrected chi connectivity index (χ3v) is 3.53. The summed E-state index contributed by atoms with van der Waals surface area (Å²) in [5, 5.41) is 6.21. The normalized spacial score (nSPS) is 24.1. The molecule has 14 heavy (non-hydrogen) atoms. The molecule has 0 aromatic carbocycles. The van der Waals surface area contributed by atoms with Crippen molar-refractivity contribution in [1.82, 2.24) is 10.6 Å². The minimum Gasteiger partial charge on any atom is -0.355 e. The number of amides is 1. The van der Waals surface area contributed by atoms with Gasteiger partial charge in [0, 0.05) is 19.6 Å². The van der Waals surface area contributed by atoms with Gasteiger partial charge in [-0.2, -0.15) is 0 Å². The molecule has 0 bridgehead atoms. The molecule has 2 fully saturated rings. The van der Waals surface area contributed by atoms with Gasteiger partial charge in [-0.15, -0.1) is 0 Å². The lowest BCUT2D eigenvalue weighted by molar-refractivity contribution is -0.126. The molecule has 0 atom stereocenters. The summed E-state index contributed by atoms with van der Waals surface area (Å²) < 4.78 is 0. The Balaban J connectivity index is 1.68. The van der Waals surface area contributed by atoms with E-state index in [2.05, 4.69) is 17.6 Å². The van der Waals surface area contributed by atoms with Gasteiger partial charge < -0.3 is 10.6 Å². The zero-order valence-corrected chi connectivity index (χ0v) is 8.94. The molecule has 1 saturated heterocycles. The van der Waals surface area contributed by atoms with Gasteiger partial charge in [0.05, 0.1) is 5.92 Å². The van der Waals surface area contributed by atoms with Crippen LogP contribution in [-0.4, -0.2) is 25.5 Å². The maximum Gasteiger partial charge on any atom is 0.225 e. The van der Waals surface area contributed by atoms with Gasteiger partial charge in [0.15, 0.2) is 0 Å². The van der Waals surface area contributed by atoms with Crippen molar-refractivity contribution in [2.45, 2.75) is 32.6 Å². The van der Waals surface area contributed by atoms with E-state index < -0.39 is 0 Å². The summed E-state index contributed by atoms with van der Waals surface area (Å²) in [5.74, 6) is 0.499. The van der Waals surface area contributed by atoms with Crippen molar-refractivity contribution in [2.75, 3.05) is 19.6 Å². The van der Waals surface area contributed by atoms with Crippen LogP contribution in [0.15, 0.2) is 0 Å². The number of rotatable bonds is 5. The lowest BCUT2D eigenvalue weighted by Gasteiger charge is -2.27. The molecule has 0 aromatic rings. The summed E-state index contributed by atoms with van der Waals surface area (Å²) in [6.45, 7) is 4.87. The number of carbonyl (C=O) groups is 1. The van der Waals surface area contributed by atoms with Gasteiger partial charge in [-0.1, -0.05) is 13.3 Å². The highest BCUT2D eigenvalue weighted by molar-refractivity contribution is 5.80. The molecule has 1 aliphatic heterocycles. The molecule has 80 valence electrons. The lowest BCUT2D eigenvalue weighted by Crippen LogP contribution is -2.51. The van der Waals surface area contributed by atoms with E-state index in [0.717, 1.165) is 19.6 Å². The Morgan fingerprint density at radius 3 is 2.64 bits per heavy atom. The maximum absolute atomic E-state index is 11.6. The summed E-state index contributed by atoms with van der Waals surface area (Å²) in [4.78, 5) is 11.6. The van der Waals surface area contributed by atoms with Gasteiger partial charge in [0.25, 0.3) is 0 Å². The fourth-order valence-corrected chi connectivity index (χ4v) is 2.12. The molecule has 3 nitrogen and oxygen atoms in total. The van der Waals surface area contributed by atoms with Crippen LogP contribution >= 0.6 is 0 Å². The van der Waals surface area contributed by atoms with Crippen LogP contribution in [0.1, 0.15) is 32.6 Å². The molecule has 1 amide bonds. The first kappa shape index (κ1) is 9.97. The lowest BCUT2D eigenvalue weighted by atomic mass is 9.99. The SMILES string of the molecule is CCCC1(CNC(=O)C2CNC2)CC1. The molecule has 1 saturated carbocycles. The van der Waals surface area contributed by atoms with Crippen molar-refractivity contribution in [3.05, 3.63) is 0 Å². The van der Waals surface area contributed by atoms with Gasteiger partial charge in [-0.3, -0.25) is 4.79 Å². The van der Waals surface area contributed by atoms with Crippen molar-refractivity contribution in [3.63, 3.8) is 0 Å². The summed E-state index contributed by atoms with van der Waals surface area (Å²) >= 11 is 0. The number of carbonyl (C=O) groups excluding carboxylic acids is 1. The average molecular weight is 196 g/mol. The van der Waals surface area contributed by atoms with E-state index in [4.69, 9.17) is 0 Å². The smallest absolute Gasteiger partial charge is 0.225 e. The van der Waals surface area contributed by atoms with E-state index in [-0.39, 0.29) is 11.8 Å². The predicted octanol–water partition coefficient (Wildman–Crippen LogP) is 0.902. The van der Waals surface area contributed by atoms with E-state index in [9.17, 15) is 4.79 Å². The second-order valence-electron chi connectivity index (χ2n) is 4.82. The fraction of sp³-hybridized carbons (Fsp3) is 0.909. The highest BCUT2D eigenvalue weighted by Gasteiger charge is 2.41. The summed E-state index contributed by atoms with van der Waals surface area (Å²) in [6, 6.07) is 0. The van der Waals surface area contributed by atoms with E-state index >= 15 is 0 Å². The maximum atomic E-state index is 11.6. The van der Waals surface area contributed by atoms with E-state index in [1.54, 1.807) is 0 Å². The quantitative estimate of drug-likeness (QED) is 0.686. The van der Waals surface area contributed by atoms with Crippen LogP contribution in [0.25, 0.3) is 0 Å². The second-order valence-corrected chi connectivity index (χ2v) is 4.82. The second kappa shape index (κ2) is 3.89. The topological polar surface area (TPSA) is 41.1 Å². The Kier molecular flexibility index (Phi) is 2.77. The van der Waals surface area contributed by atoms with Crippen LogP contribution in [0, 0.1) is 11.3 Å². The first-order chi connectivity index (χ1) is 6.76. The molecule has 2 N–H and O–H groups in total. The molecule has 1 heterocycles. The van der Waals surface area contributed by atoms with Gasteiger partial charge in [-0.25, -0.2) is 0 Å². The molecule has 1 aliphatic carbocycles. The van der Waals surface area contributed by atoms with Crippen molar-refractivity contribution >= 4 is 5.91 Å². The summed E-state index contributed by atoms with van der Waals surface area (Å²) in [5.41, 5.74) is 0.488. The van der Waals surface area contributed by atoms with Gasteiger partial charge in [-0.05, 0) is 24.7 Å². The van der Waals surface area contributed by atoms with Crippen LogP contribution in [0.2, 0.25) is 0 Å². The number of hydrogen-bond acceptors (Lipinski definition) is 2. The molecule has 3 heteroatoms. The summed E-state index contributed by atoms with van der Waals surface area (Å²) in [6.07, 6.45) is 5.13. The van der Waals surface area contributed by atoms with Crippen molar-refractivity contribution in [2.24, 2.45) is 11.3 Å². The van der Waals surface area contributed by atoms with Crippen molar-refractivity contribution < 1.29 is 4.79 Å². The number of hydrogen-bond donors (Lipinski definition) is 2. The van der Waals surface area contributed by atoms with Crippen LogP contribution in [0.5, 0.6) is 0 Å².